The molecule has 2 unspecified atom stereocenters. The van der Waals surface area contributed by atoms with Gasteiger partial charge in [-0.3, -0.25) is 14.4 Å². The van der Waals surface area contributed by atoms with Crippen LogP contribution in [0.3, 0.4) is 0 Å². The van der Waals surface area contributed by atoms with E-state index >= 15 is 0 Å². The SMILES string of the molecule is O=C(Cc1ccc(F)c(CC(=O)C(F)F)c1F)c1cc(NC(=O)C2C(c3cc(Cl)c(F)c(Cl)c3)C2(Cl)Cl)ccc1Cl. The van der Waals surface area contributed by atoms with Gasteiger partial charge < -0.3 is 5.32 Å². The third kappa shape index (κ3) is 6.49. The lowest BCUT2D eigenvalue weighted by atomic mass is 9.98. The van der Waals surface area contributed by atoms with Crippen molar-refractivity contribution in [2.45, 2.75) is 29.5 Å². The predicted molar refractivity (Wildman–Crippen MR) is 146 cm³/mol. The third-order valence-corrected chi connectivity index (χ3v) is 8.27. The normalized spacial score (nSPS) is 17.4. The van der Waals surface area contributed by atoms with Gasteiger partial charge in [-0.2, -0.15) is 0 Å². The maximum absolute atomic E-state index is 14.9. The standard InChI is InChI=1S/C27H15Cl5F5NO3/c28-15-3-2-12(38-26(41)22-21(27(22,31)32)11-5-16(29)24(35)17(30)6-11)8-13(15)19(39)7-10-1-4-18(33)14(23(10)34)9-20(40)25(36)37/h1-6,8,21-22,25H,7,9H2,(H,38,41). The molecule has 3 aromatic rings. The van der Waals surface area contributed by atoms with E-state index in [9.17, 15) is 36.3 Å². The molecule has 0 heterocycles. The minimum atomic E-state index is -3.42. The molecule has 3 aromatic carbocycles. The number of Topliss-reactive ketones (excluding diaryl/α,β-unsaturated/α-hetero) is 2. The lowest BCUT2D eigenvalue weighted by Gasteiger charge is -2.11. The Labute approximate surface area is 254 Å². The van der Waals surface area contributed by atoms with Crippen molar-refractivity contribution in [3.8, 4) is 0 Å². The Balaban J connectivity index is 1.52. The first-order valence-corrected chi connectivity index (χ1v) is 13.4. The van der Waals surface area contributed by atoms with Crippen LogP contribution >= 0.6 is 58.0 Å². The first kappa shape index (κ1) is 31.5. The predicted octanol–water partition coefficient (Wildman–Crippen LogP) is 8.39. The average molecular weight is 674 g/mol. The van der Waals surface area contributed by atoms with E-state index in [1.165, 1.54) is 30.3 Å². The van der Waals surface area contributed by atoms with Gasteiger partial charge in [0.25, 0.3) is 6.43 Å². The summed E-state index contributed by atoms with van der Waals surface area (Å²) < 4.78 is 66.3. The van der Waals surface area contributed by atoms with E-state index < -0.39 is 75.9 Å². The Kier molecular flexibility index (Phi) is 9.26. The highest BCUT2D eigenvalue weighted by atomic mass is 35.5. The summed E-state index contributed by atoms with van der Waals surface area (Å²) in [5.41, 5.74) is -0.970. The quantitative estimate of drug-likeness (QED) is 0.107. The number of alkyl halides is 4. The van der Waals surface area contributed by atoms with Gasteiger partial charge in [0.15, 0.2) is 11.6 Å². The Bertz CT molecular complexity index is 1560. The van der Waals surface area contributed by atoms with E-state index in [0.717, 1.165) is 12.1 Å². The smallest absolute Gasteiger partial charge is 0.296 e. The third-order valence-electron chi connectivity index (χ3n) is 6.45. The monoisotopic (exact) mass is 671 g/mol. The molecule has 1 N–H and O–H groups in total. The summed E-state index contributed by atoms with van der Waals surface area (Å²) in [4.78, 5) is 37.3. The number of hydrogen-bond donors (Lipinski definition) is 1. The van der Waals surface area contributed by atoms with Crippen LogP contribution in [-0.2, 0) is 22.4 Å². The van der Waals surface area contributed by atoms with Crippen LogP contribution < -0.4 is 5.32 Å². The first-order valence-electron chi connectivity index (χ1n) is 11.6. The second kappa shape index (κ2) is 12.1. The molecule has 4 rings (SSSR count). The van der Waals surface area contributed by atoms with E-state index in [0.29, 0.717) is 5.56 Å². The van der Waals surface area contributed by atoms with Gasteiger partial charge in [-0.05, 0) is 47.5 Å². The fourth-order valence-corrected chi connectivity index (χ4v) is 5.88. The second-order valence-corrected chi connectivity index (χ2v) is 11.8. The molecule has 41 heavy (non-hydrogen) atoms. The van der Waals surface area contributed by atoms with Gasteiger partial charge in [-0.1, -0.05) is 40.9 Å². The fraction of sp³-hybridized carbons (Fsp3) is 0.222. The molecule has 0 spiro atoms. The highest BCUT2D eigenvalue weighted by Gasteiger charge is 2.67. The van der Waals surface area contributed by atoms with Gasteiger partial charge in [0.05, 0.1) is 21.0 Å². The van der Waals surface area contributed by atoms with Gasteiger partial charge >= 0.3 is 0 Å². The van der Waals surface area contributed by atoms with Crippen LogP contribution in [0.25, 0.3) is 0 Å². The summed E-state index contributed by atoms with van der Waals surface area (Å²) in [6, 6.07) is 8.08. The zero-order valence-electron chi connectivity index (χ0n) is 20.2. The van der Waals surface area contributed by atoms with E-state index in [-0.39, 0.29) is 31.9 Å². The molecule has 2 atom stereocenters. The number of rotatable bonds is 9. The van der Waals surface area contributed by atoms with Crippen molar-refractivity contribution in [3.05, 3.63) is 97.2 Å². The number of hydrogen-bond acceptors (Lipinski definition) is 3. The minimum absolute atomic E-state index is 0.0625. The zero-order chi connectivity index (χ0) is 30.4. The molecule has 1 fully saturated rings. The molecular weight excluding hydrogens is 659 g/mol. The topological polar surface area (TPSA) is 63.2 Å². The van der Waals surface area contributed by atoms with Crippen LogP contribution in [0.15, 0.2) is 42.5 Å². The fourth-order valence-electron chi connectivity index (χ4n) is 4.32. The van der Waals surface area contributed by atoms with Crippen LogP contribution in [0.2, 0.25) is 15.1 Å². The van der Waals surface area contributed by atoms with Crippen molar-refractivity contribution in [1.82, 2.24) is 0 Å². The minimum Gasteiger partial charge on any atom is -0.326 e. The largest absolute Gasteiger partial charge is 0.326 e. The average Bonchev–Trinajstić information content (AvgIpc) is 3.49. The molecule has 1 aliphatic carbocycles. The maximum atomic E-state index is 14.9. The molecule has 1 amide bonds. The number of carbonyl (C=O) groups excluding carboxylic acids is 3. The Hall–Kier alpha value is -2.43. The number of anilines is 1. The van der Waals surface area contributed by atoms with E-state index in [1.54, 1.807) is 0 Å². The summed E-state index contributed by atoms with van der Waals surface area (Å²) in [5, 5.41) is 1.93. The molecule has 14 heteroatoms. The Morgan fingerprint density at radius 2 is 1.49 bits per heavy atom. The van der Waals surface area contributed by atoms with Crippen molar-refractivity contribution < 1.29 is 36.3 Å². The van der Waals surface area contributed by atoms with Gasteiger partial charge in [-0.25, -0.2) is 22.0 Å². The van der Waals surface area contributed by atoms with Crippen molar-refractivity contribution in [3.63, 3.8) is 0 Å². The number of halogens is 10. The lowest BCUT2D eigenvalue weighted by molar-refractivity contribution is -0.128. The van der Waals surface area contributed by atoms with Crippen LogP contribution in [0, 0.1) is 23.4 Å². The molecule has 0 aliphatic heterocycles. The maximum Gasteiger partial charge on any atom is 0.296 e. The number of ketones is 2. The van der Waals surface area contributed by atoms with Crippen molar-refractivity contribution in [1.29, 1.82) is 0 Å². The molecule has 0 bridgehead atoms. The zero-order valence-corrected chi connectivity index (χ0v) is 24.0. The molecule has 0 saturated heterocycles. The molecular formula is C27H15Cl5F5NO3. The molecule has 4 nitrogen and oxygen atoms in total. The molecule has 0 radical (unpaired) electrons. The van der Waals surface area contributed by atoms with E-state index in [1.807, 2.05) is 0 Å². The van der Waals surface area contributed by atoms with Crippen LogP contribution in [0.5, 0.6) is 0 Å². The number of nitrogens with one attached hydrogen (secondary N) is 1. The van der Waals surface area contributed by atoms with Gasteiger partial charge in [0.2, 0.25) is 11.7 Å². The summed E-state index contributed by atoms with van der Waals surface area (Å²) >= 11 is 30.5. The van der Waals surface area contributed by atoms with Crippen molar-refractivity contribution >= 4 is 81.2 Å². The van der Waals surface area contributed by atoms with Crippen LogP contribution in [0.4, 0.5) is 27.6 Å². The van der Waals surface area contributed by atoms with Gasteiger partial charge in [-0.15, -0.1) is 23.2 Å². The van der Waals surface area contributed by atoms with E-state index in [2.05, 4.69) is 5.32 Å². The number of carbonyl (C=O) groups is 3. The lowest BCUT2D eigenvalue weighted by Crippen LogP contribution is -2.18. The number of amides is 1. The highest BCUT2D eigenvalue weighted by molar-refractivity contribution is 6.53. The molecule has 1 saturated carbocycles. The Morgan fingerprint density at radius 3 is 2.10 bits per heavy atom. The van der Waals surface area contributed by atoms with E-state index in [4.69, 9.17) is 58.0 Å². The molecule has 216 valence electrons. The van der Waals surface area contributed by atoms with Crippen LogP contribution in [-0.4, -0.2) is 28.2 Å². The van der Waals surface area contributed by atoms with Gasteiger partial charge in [0, 0.05) is 35.6 Å². The van der Waals surface area contributed by atoms with Gasteiger partial charge in [0.1, 0.15) is 16.0 Å². The second-order valence-electron chi connectivity index (χ2n) is 9.16. The number of benzene rings is 3. The summed E-state index contributed by atoms with van der Waals surface area (Å²) in [7, 11) is 0. The van der Waals surface area contributed by atoms with Crippen LogP contribution in [0.1, 0.15) is 33.0 Å². The summed E-state index contributed by atoms with van der Waals surface area (Å²) in [6.45, 7) is 0. The summed E-state index contributed by atoms with van der Waals surface area (Å²) in [5.74, 6) is -8.27. The summed E-state index contributed by atoms with van der Waals surface area (Å²) in [6.07, 6.45) is -5.28. The molecule has 1 aliphatic rings. The Morgan fingerprint density at radius 1 is 0.854 bits per heavy atom. The molecule has 0 aromatic heterocycles. The first-order chi connectivity index (χ1) is 19.1. The van der Waals surface area contributed by atoms with Crippen molar-refractivity contribution in [2.75, 3.05) is 5.32 Å². The highest BCUT2D eigenvalue weighted by Crippen LogP contribution is 2.65. The van der Waals surface area contributed by atoms with Crippen molar-refractivity contribution in [2.24, 2.45) is 5.92 Å².